The number of allylic oxidation sites excluding steroid dienone is 3. The Balaban J connectivity index is 1.57. The van der Waals surface area contributed by atoms with E-state index in [4.69, 9.17) is 4.74 Å². The zero-order chi connectivity index (χ0) is 25.1. The maximum absolute atomic E-state index is 11.8. The van der Waals surface area contributed by atoms with Gasteiger partial charge in [-0.3, -0.25) is 4.79 Å². The van der Waals surface area contributed by atoms with Crippen LogP contribution in [0.1, 0.15) is 120 Å². The number of fused-ring (bicyclic) bond motifs is 5. The summed E-state index contributed by atoms with van der Waals surface area (Å²) >= 11 is 0. The third kappa shape index (κ3) is 3.85. The highest BCUT2D eigenvalue weighted by atomic mass is 16.5. The molecule has 0 aromatic carbocycles. The molecule has 0 spiro atoms. The molecule has 0 aliphatic heterocycles. The van der Waals surface area contributed by atoms with Crippen LogP contribution in [0, 0.1) is 45.3 Å². The van der Waals surface area contributed by atoms with Crippen LogP contribution in [0.2, 0.25) is 0 Å². The number of carbonyl (C=O) groups is 1. The zero-order valence-corrected chi connectivity index (χ0v) is 23.6. The van der Waals surface area contributed by atoms with Crippen LogP contribution in [0.15, 0.2) is 23.8 Å². The molecule has 4 saturated carbocycles. The first-order valence-electron chi connectivity index (χ1n) is 14.3. The van der Waals surface area contributed by atoms with Gasteiger partial charge in [0.1, 0.15) is 6.10 Å². The van der Waals surface area contributed by atoms with Crippen molar-refractivity contribution in [2.75, 3.05) is 0 Å². The molecule has 2 unspecified atom stereocenters. The maximum Gasteiger partial charge on any atom is 0.302 e. The Kier molecular flexibility index (Phi) is 6.74. The molecule has 2 nitrogen and oxygen atoms in total. The van der Waals surface area contributed by atoms with Crippen molar-refractivity contribution in [2.45, 2.75) is 126 Å². The van der Waals surface area contributed by atoms with Gasteiger partial charge in [-0.15, -0.1) is 0 Å². The quantitative estimate of drug-likeness (QED) is 0.297. The highest BCUT2D eigenvalue weighted by Gasteiger charge is 2.68. The van der Waals surface area contributed by atoms with Crippen LogP contribution in [0.25, 0.3) is 0 Å². The lowest BCUT2D eigenvalue weighted by molar-refractivity contribution is -0.226. The number of rotatable bonds is 5. The Morgan fingerprint density at radius 3 is 2.21 bits per heavy atom. The number of hydrogen-bond donors (Lipinski definition) is 0. The molecule has 4 aliphatic rings. The van der Waals surface area contributed by atoms with Gasteiger partial charge in [-0.2, -0.15) is 0 Å². The second-order valence-corrected chi connectivity index (χ2v) is 14.3. The van der Waals surface area contributed by atoms with Crippen LogP contribution >= 0.6 is 0 Å². The summed E-state index contributed by atoms with van der Waals surface area (Å²) in [6.07, 6.45) is 15.1. The third-order valence-electron chi connectivity index (χ3n) is 12.2. The minimum atomic E-state index is -0.114. The fourth-order valence-corrected chi connectivity index (χ4v) is 10.4. The largest absolute Gasteiger partial charge is 0.462 e. The van der Waals surface area contributed by atoms with Gasteiger partial charge in [0.15, 0.2) is 0 Å². The lowest BCUT2D eigenvalue weighted by Gasteiger charge is -2.70. The fourth-order valence-electron chi connectivity index (χ4n) is 10.4. The maximum atomic E-state index is 11.8. The Hall–Kier alpha value is -1.05. The standard InChI is InChI=1S/C32H52O2/c1-21(2)11-10-12-22(3)24-15-19-31(8)25(24)13-14-27-30(7)18-17-28(34-23(4)33)29(5,6)26(30)16-20-32(27,31)9/h11,24-28H,3,10,12-20H2,1-2,4-9H3/t24-,25+,26?,27?,28+,30+,31+,32-/m1/s1. The Morgan fingerprint density at radius 1 is 0.882 bits per heavy atom. The molecule has 0 bridgehead atoms. The predicted molar refractivity (Wildman–Crippen MR) is 142 cm³/mol. The molecule has 192 valence electrons. The summed E-state index contributed by atoms with van der Waals surface area (Å²) in [5.41, 5.74) is 4.17. The minimum Gasteiger partial charge on any atom is -0.462 e. The van der Waals surface area contributed by atoms with Crippen LogP contribution in [-0.4, -0.2) is 12.1 Å². The number of hydrogen-bond acceptors (Lipinski definition) is 2. The summed E-state index contributed by atoms with van der Waals surface area (Å²) in [6.45, 7) is 23.4. The average Bonchev–Trinajstić information content (AvgIpc) is 3.08. The van der Waals surface area contributed by atoms with Crippen molar-refractivity contribution in [2.24, 2.45) is 45.3 Å². The van der Waals surface area contributed by atoms with E-state index in [1.54, 1.807) is 6.92 Å². The van der Waals surface area contributed by atoms with Crippen molar-refractivity contribution in [3.63, 3.8) is 0 Å². The van der Waals surface area contributed by atoms with Crippen LogP contribution in [-0.2, 0) is 9.53 Å². The van der Waals surface area contributed by atoms with Gasteiger partial charge in [0.25, 0.3) is 0 Å². The van der Waals surface area contributed by atoms with Crippen molar-refractivity contribution >= 4 is 5.97 Å². The third-order valence-corrected chi connectivity index (χ3v) is 12.2. The van der Waals surface area contributed by atoms with Crippen molar-refractivity contribution < 1.29 is 9.53 Å². The van der Waals surface area contributed by atoms with E-state index in [0.717, 1.165) is 37.0 Å². The van der Waals surface area contributed by atoms with Gasteiger partial charge in [0, 0.05) is 12.3 Å². The van der Waals surface area contributed by atoms with Gasteiger partial charge in [0.05, 0.1) is 0 Å². The predicted octanol–water partition coefficient (Wildman–Crippen LogP) is 8.91. The Bertz CT molecular complexity index is 847. The van der Waals surface area contributed by atoms with Crippen molar-refractivity contribution in [3.8, 4) is 0 Å². The molecule has 0 radical (unpaired) electrons. The van der Waals surface area contributed by atoms with Gasteiger partial charge in [-0.25, -0.2) is 0 Å². The van der Waals surface area contributed by atoms with Crippen LogP contribution in [0.5, 0.6) is 0 Å². The molecule has 4 fully saturated rings. The molecular formula is C32H52O2. The molecule has 34 heavy (non-hydrogen) atoms. The normalized spacial score (nSPS) is 44.9. The van der Waals surface area contributed by atoms with Crippen molar-refractivity contribution in [3.05, 3.63) is 23.8 Å². The van der Waals surface area contributed by atoms with E-state index in [9.17, 15) is 4.79 Å². The van der Waals surface area contributed by atoms with Gasteiger partial charge < -0.3 is 4.74 Å². The first-order valence-corrected chi connectivity index (χ1v) is 14.3. The highest BCUT2D eigenvalue weighted by molar-refractivity contribution is 5.66. The molecule has 0 aromatic rings. The molecule has 8 atom stereocenters. The highest BCUT2D eigenvalue weighted by Crippen LogP contribution is 2.75. The second kappa shape index (κ2) is 8.81. The van der Waals surface area contributed by atoms with Crippen LogP contribution in [0.3, 0.4) is 0 Å². The molecule has 0 N–H and O–H groups in total. The van der Waals surface area contributed by atoms with Crippen LogP contribution < -0.4 is 0 Å². The van der Waals surface area contributed by atoms with E-state index >= 15 is 0 Å². The number of esters is 1. The summed E-state index contributed by atoms with van der Waals surface area (Å²) in [5.74, 6) is 2.81. The monoisotopic (exact) mass is 468 g/mol. The van der Waals surface area contributed by atoms with E-state index in [2.05, 4.69) is 61.1 Å². The zero-order valence-electron chi connectivity index (χ0n) is 23.6. The summed E-state index contributed by atoms with van der Waals surface area (Å²) < 4.78 is 5.89. The summed E-state index contributed by atoms with van der Waals surface area (Å²) in [7, 11) is 0. The lowest BCUT2D eigenvalue weighted by atomic mass is 9.35. The van der Waals surface area contributed by atoms with Gasteiger partial charge in [-0.05, 0) is 118 Å². The molecule has 4 rings (SSSR count). The minimum absolute atomic E-state index is 0.0508. The summed E-state index contributed by atoms with van der Waals surface area (Å²) in [4.78, 5) is 11.8. The molecule has 4 aliphatic carbocycles. The van der Waals surface area contributed by atoms with Crippen molar-refractivity contribution in [1.82, 2.24) is 0 Å². The van der Waals surface area contributed by atoms with E-state index in [-0.39, 0.29) is 17.5 Å². The van der Waals surface area contributed by atoms with Gasteiger partial charge >= 0.3 is 5.97 Å². The van der Waals surface area contributed by atoms with Crippen LogP contribution in [0.4, 0.5) is 0 Å². The fraction of sp³-hybridized carbons (Fsp3) is 0.844. The average molecular weight is 469 g/mol. The molecule has 0 aromatic heterocycles. The Morgan fingerprint density at radius 2 is 1.56 bits per heavy atom. The van der Waals surface area contributed by atoms with E-state index in [1.165, 1.54) is 56.1 Å². The number of carbonyl (C=O) groups excluding carboxylic acids is 1. The smallest absolute Gasteiger partial charge is 0.302 e. The molecular weight excluding hydrogens is 416 g/mol. The summed E-state index contributed by atoms with van der Waals surface area (Å²) in [5, 5.41) is 0. The molecule has 0 saturated heterocycles. The molecule has 0 amide bonds. The van der Waals surface area contributed by atoms with E-state index in [0.29, 0.717) is 22.2 Å². The topological polar surface area (TPSA) is 26.3 Å². The second-order valence-electron chi connectivity index (χ2n) is 14.3. The Labute approximate surface area is 210 Å². The van der Waals surface area contributed by atoms with E-state index in [1.807, 2.05) is 0 Å². The first-order chi connectivity index (χ1) is 15.8. The lowest BCUT2D eigenvalue weighted by Crippen LogP contribution is -2.64. The van der Waals surface area contributed by atoms with E-state index < -0.39 is 0 Å². The number of ether oxygens (including phenoxy) is 1. The summed E-state index contributed by atoms with van der Waals surface area (Å²) in [6, 6.07) is 0. The molecule has 0 heterocycles. The van der Waals surface area contributed by atoms with Crippen molar-refractivity contribution in [1.29, 1.82) is 0 Å². The molecule has 2 heteroatoms. The SMILES string of the molecule is C=C(CCC=C(C)C)[C@H]1CC[C@@]2(C)[C@H]1CCC1[C@@]3(C)CC[C@H](OC(C)=O)C(C)(C)C3CC[C@]12C. The first kappa shape index (κ1) is 26.0. The van der Waals surface area contributed by atoms with Gasteiger partial charge in [-0.1, -0.05) is 58.4 Å². The van der Waals surface area contributed by atoms with Gasteiger partial charge in [0.2, 0.25) is 0 Å².